The first-order valence-electron chi connectivity index (χ1n) is 5.87. The van der Waals surface area contributed by atoms with Gasteiger partial charge >= 0.3 is 0 Å². The van der Waals surface area contributed by atoms with E-state index in [4.69, 9.17) is 5.26 Å². The van der Waals surface area contributed by atoms with Gasteiger partial charge in [0.15, 0.2) is 0 Å². The van der Waals surface area contributed by atoms with Crippen LogP contribution in [0.1, 0.15) is 19.4 Å². The molecule has 0 atom stereocenters. The molecule has 0 aliphatic carbocycles. The van der Waals surface area contributed by atoms with Crippen molar-refractivity contribution in [3.05, 3.63) is 28.2 Å². The van der Waals surface area contributed by atoms with Crippen LogP contribution < -0.4 is 5.32 Å². The molecule has 4 heteroatoms. The number of hydrogen-bond donors (Lipinski definition) is 1. The summed E-state index contributed by atoms with van der Waals surface area (Å²) in [4.78, 5) is 2.37. The van der Waals surface area contributed by atoms with Gasteiger partial charge in [-0.05, 0) is 47.2 Å². The SMILES string of the molecule is CCN(CC)CCNc1ccc(C#N)c(Br)c1. The van der Waals surface area contributed by atoms with Crippen LogP contribution in [-0.4, -0.2) is 31.1 Å². The third-order valence-corrected chi connectivity index (χ3v) is 3.40. The minimum atomic E-state index is 0.666. The van der Waals surface area contributed by atoms with E-state index in [1.54, 1.807) is 0 Å². The average molecular weight is 296 g/mol. The van der Waals surface area contributed by atoms with Gasteiger partial charge in [0.05, 0.1) is 5.56 Å². The zero-order valence-electron chi connectivity index (χ0n) is 10.3. The van der Waals surface area contributed by atoms with Crippen molar-refractivity contribution in [2.75, 3.05) is 31.5 Å². The molecule has 0 unspecified atom stereocenters. The minimum absolute atomic E-state index is 0.666. The predicted octanol–water partition coefficient (Wildman–Crippen LogP) is 3.07. The fraction of sp³-hybridized carbons (Fsp3) is 0.462. The second kappa shape index (κ2) is 7.31. The Hall–Kier alpha value is -1.05. The predicted molar refractivity (Wildman–Crippen MR) is 75.1 cm³/mol. The Morgan fingerprint density at radius 2 is 2.06 bits per heavy atom. The number of hydrogen-bond acceptors (Lipinski definition) is 3. The van der Waals surface area contributed by atoms with Crippen LogP contribution in [0, 0.1) is 11.3 Å². The highest BCUT2D eigenvalue weighted by molar-refractivity contribution is 9.10. The maximum Gasteiger partial charge on any atom is 0.100 e. The summed E-state index contributed by atoms with van der Waals surface area (Å²) in [6.07, 6.45) is 0. The van der Waals surface area contributed by atoms with Crippen molar-refractivity contribution in [1.82, 2.24) is 4.90 Å². The molecule has 92 valence electrons. The van der Waals surface area contributed by atoms with Gasteiger partial charge in [-0.2, -0.15) is 5.26 Å². The molecule has 0 saturated heterocycles. The molecule has 1 aromatic carbocycles. The van der Waals surface area contributed by atoms with Crippen LogP contribution in [0.3, 0.4) is 0 Å². The highest BCUT2D eigenvalue weighted by Crippen LogP contribution is 2.20. The quantitative estimate of drug-likeness (QED) is 0.877. The van der Waals surface area contributed by atoms with E-state index in [-0.39, 0.29) is 0 Å². The Labute approximate surface area is 112 Å². The van der Waals surface area contributed by atoms with Crippen LogP contribution >= 0.6 is 15.9 Å². The molecule has 0 radical (unpaired) electrons. The Balaban J connectivity index is 2.48. The van der Waals surface area contributed by atoms with Gasteiger partial charge < -0.3 is 10.2 Å². The van der Waals surface area contributed by atoms with Crippen LogP contribution in [0.4, 0.5) is 5.69 Å². The van der Waals surface area contributed by atoms with E-state index in [9.17, 15) is 0 Å². The number of benzene rings is 1. The third kappa shape index (κ3) is 4.37. The molecule has 0 saturated carbocycles. The standard InChI is InChI=1S/C13H18BrN3/c1-3-17(4-2)8-7-16-12-6-5-11(10-15)13(14)9-12/h5-6,9,16H,3-4,7-8H2,1-2H3. The molecule has 0 aliphatic rings. The van der Waals surface area contributed by atoms with Gasteiger partial charge in [-0.3, -0.25) is 0 Å². The molecule has 3 nitrogen and oxygen atoms in total. The second-order valence-corrected chi connectivity index (χ2v) is 4.61. The molecule has 1 rings (SSSR count). The maximum absolute atomic E-state index is 8.81. The Morgan fingerprint density at radius 3 is 2.59 bits per heavy atom. The van der Waals surface area contributed by atoms with Gasteiger partial charge in [-0.25, -0.2) is 0 Å². The van der Waals surface area contributed by atoms with Crippen molar-refractivity contribution in [2.24, 2.45) is 0 Å². The van der Waals surface area contributed by atoms with E-state index < -0.39 is 0 Å². The zero-order chi connectivity index (χ0) is 12.7. The van der Waals surface area contributed by atoms with Crippen LogP contribution in [0.2, 0.25) is 0 Å². The number of halogens is 1. The van der Waals surface area contributed by atoms with E-state index >= 15 is 0 Å². The van der Waals surface area contributed by atoms with E-state index in [1.807, 2.05) is 18.2 Å². The molecule has 17 heavy (non-hydrogen) atoms. The molecule has 0 spiro atoms. The third-order valence-electron chi connectivity index (χ3n) is 2.74. The average Bonchev–Trinajstić information content (AvgIpc) is 2.35. The molecule has 0 fully saturated rings. The molecule has 0 amide bonds. The normalized spacial score (nSPS) is 10.3. The van der Waals surface area contributed by atoms with Crippen LogP contribution in [-0.2, 0) is 0 Å². The highest BCUT2D eigenvalue weighted by Gasteiger charge is 2.01. The first-order chi connectivity index (χ1) is 8.21. The van der Waals surface area contributed by atoms with Gasteiger partial charge in [-0.1, -0.05) is 13.8 Å². The lowest BCUT2D eigenvalue weighted by atomic mass is 10.2. The minimum Gasteiger partial charge on any atom is -0.384 e. The lowest BCUT2D eigenvalue weighted by Gasteiger charge is -2.18. The Morgan fingerprint density at radius 1 is 1.35 bits per heavy atom. The van der Waals surface area contributed by atoms with Gasteiger partial charge in [-0.15, -0.1) is 0 Å². The second-order valence-electron chi connectivity index (χ2n) is 3.76. The summed E-state index contributed by atoms with van der Waals surface area (Å²) in [5, 5.41) is 12.2. The molecule has 1 aromatic rings. The smallest absolute Gasteiger partial charge is 0.100 e. The van der Waals surface area contributed by atoms with Crippen molar-refractivity contribution in [3.63, 3.8) is 0 Å². The number of anilines is 1. The molecule has 1 N–H and O–H groups in total. The lowest BCUT2D eigenvalue weighted by Crippen LogP contribution is -2.28. The Kier molecular flexibility index (Phi) is 6.03. The summed E-state index contributed by atoms with van der Waals surface area (Å²) in [5.41, 5.74) is 1.71. The van der Waals surface area contributed by atoms with Crippen LogP contribution in [0.25, 0.3) is 0 Å². The summed E-state index contributed by atoms with van der Waals surface area (Å²) in [6.45, 7) is 8.44. The van der Waals surface area contributed by atoms with Crippen molar-refractivity contribution < 1.29 is 0 Å². The van der Waals surface area contributed by atoms with Gasteiger partial charge in [0.1, 0.15) is 6.07 Å². The fourth-order valence-electron chi connectivity index (χ4n) is 1.61. The summed E-state index contributed by atoms with van der Waals surface area (Å²) in [6, 6.07) is 7.84. The number of rotatable bonds is 6. The Bertz CT molecular complexity index is 394. The van der Waals surface area contributed by atoms with E-state index in [2.05, 4.69) is 46.1 Å². The number of nitrogens with zero attached hydrogens (tertiary/aromatic N) is 2. The summed E-state index contributed by atoms with van der Waals surface area (Å²) in [5.74, 6) is 0. The molecule has 0 heterocycles. The van der Waals surface area contributed by atoms with Gasteiger partial charge in [0, 0.05) is 23.2 Å². The monoisotopic (exact) mass is 295 g/mol. The first kappa shape index (κ1) is 14.0. The van der Waals surface area contributed by atoms with Crippen molar-refractivity contribution in [2.45, 2.75) is 13.8 Å². The molecular formula is C13H18BrN3. The summed E-state index contributed by atoms with van der Waals surface area (Å²) >= 11 is 3.38. The topological polar surface area (TPSA) is 39.1 Å². The molecule has 0 bridgehead atoms. The largest absolute Gasteiger partial charge is 0.384 e. The van der Waals surface area contributed by atoms with E-state index in [1.165, 1.54) is 0 Å². The number of nitriles is 1. The number of nitrogens with one attached hydrogen (secondary N) is 1. The fourth-order valence-corrected chi connectivity index (χ4v) is 2.08. The van der Waals surface area contributed by atoms with Crippen molar-refractivity contribution in [3.8, 4) is 6.07 Å². The van der Waals surface area contributed by atoms with Crippen LogP contribution in [0.5, 0.6) is 0 Å². The number of likely N-dealkylation sites (N-methyl/N-ethyl adjacent to an activating group) is 1. The van der Waals surface area contributed by atoms with Crippen LogP contribution in [0.15, 0.2) is 22.7 Å². The van der Waals surface area contributed by atoms with Gasteiger partial charge in [0.25, 0.3) is 0 Å². The zero-order valence-corrected chi connectivity index (χ0v) is 11.9. The highest BCUT2D eigenvalue weighted by atomic mass is 79.9. The molecule has 0 aliphatic heterocycles. The molecule has 0 aromatic heterocycles. The lowest BCUT2D eigenvalue weighted by molar-refractivity contribution is 0.316. The maximum atomic E-state index is 8.81. The first-order valence-corrected chi connectivity index (χ1v) is 6.66. The summed E-state index contributed by atoms with van der Waals surface area (Å²) < 4.78 is 0.841. The van der Waals surface area contributed by atoms with Crippen molar-refractivity contribution >= 4 is 21.6 Å². The molecular weight excluding hydrogens is 278 g/mol. The van der Waals surface area contributed by atoms with E-state index in [0.29, 0.717) is 5.56 Å². The van der Waals surface area contributed by atoms with Crippen molar-refractivity contribution in [1.29, 1.82) is 5.26 Å². The van der Waals surface area contributed by atoms with Gasteiger partial charge in [0.2, 0.25) is 0 Å². The van der Waals surface area contributed by atoms with E-state index in [0.717, 1.165) is 36.3 Å². The summed E-state index contributed by atoms with van der Waals surface area (Å²) in [7, 11) is 0.